The number of rotatable bonds is 4. The Balaban J connectivity index is 1.70. The number of thiophene rings is 1. The van der Waals surface area contributed by atoms with Gasteiger partial charge in [-0.2, -0.15) is 0 Å². The molecule has 1 heterocycles. The molecule has 1 saturated carbocycles. The van der Waals surface area contributed by atoms with Crippen LogP contribution in [0.1, 0.15) is 23.3 Å². The van der Waals surface area contributed by atoms with Crippen molar-refractivity contribution in [3.05, 3.63) is 57.2 Å². The van der Waals surface area contributed by atoms with Gasteiger partial charge in [-0.15, -0.1) is 11.3 Å². The van der Waals surface area contributed by atoms with Gasteiger partial charge in [0.25, 0.3) is 0 Å². The summed E-state index contributed by atoms with van der Waals surface area (Å²) in [6.07, 6.45) is 2.44. The molecule has 1 aliphatic rings. The lowest BCUT2D eigenvalue weighted by Gasteiger charge is -2.18. The molecule has 98 valence electrons. The van der Waals surface area contributed by atoms with Gasteiger partial charge in [0.1, 0.15) is 0 Å². The second-order valence-corrected chi connectivity index (χ2v) is 6.37. The topological polar surface area (TPSA) is 29.1 Å². The van der Waals surface area contributed by atoms with Crippen LogP contribution < -0.4 is 5.32 Å². The number of carbonyl (C=O) groups is 1. The highest BCUT2D eigenvalue weighted by Gasteiger charge is 2.45. The van der Waals surface area contributed by atoms with E-state index in [1.54, 1.807) is 11.3 Å². The molecule has 2 nitrogen and oxygen atoms in total. The fraction of sp³-hybridized carbons (Fsp3) is 0.267. The summed E-state index contributed by atoms with van der Waals surface area (Å²) in [6, 6.07) is 11.7. The highest BCUT2D eigenvalue weighted by molar-refractivity contribution is 7.10. The van der Waals surface area contributed by atoms with Crippen LogP contribution in [0.2, 0.25) is 5.02 Å². The van der Waals surface area contributed by atoms with Gasteiger partial charge in [-0.1, -0.05) is 29.8 Å². The Bertz CT molecular complexity index is 590. The molecule has 0 saturated heterocycles. The average molecular weight is 292 g/mol. The summed E-state index contributed by atoms with van der Waals surface area (Å²) in [7, 11) is 0. The van der Waals surface area contributed by atoms with Crippen LogP contribution in [0.3, 0.4) is 0 Å². The summed E-state index contributed by atoms with van der Waals surface area (Å²) in [6.45, 7) is 0. The molecule has 0 radical (unpaired) electrons. The second-order valence-electron chi connectivity index (χ2n) is 4.90. The fourth-order valence-electron chi connectivity index (χ4n) is 2.28. The molecule has 1 amide bonds. The minimum absolute atomic E-state index is 0.0833. The first kappa shape index (κ1) is 12.7. The van der Waals surface area contributed by atoms with E-state index in [1.165, 1.54) is 0 Å². The highest BCUT2D eigenvalue weighted by atomic mass is 35.5. The molecule has 0 unspecified atom stereocenters. The van der Waals surface area contributed by atoms with E-state index in [9.17, 15) is 4.79 Å². The molecule has 1 fully saturated rings. The Morgan fingerprint density at radius 3 is 2.79 bits per heavy atom. The van der Waals surface area contributed by atoms with Crippen molar-refractivity contribution < 1.29 is 4.79 Å². The predicted octanol–water partition coefficient (Wildman–Crippen LogP) is 3.75. The minimum Gasteiger partial charge on any atom is -0.346 e. The number of carbonyl (C=O) groups excluding carboxylic acids is 1. The molecule has 4 heteroatoms. The molecule has 0 spiro atoms. The summed E-state index contributed by atoms with van der Waals surface area (Å²) in [4.78, 5) is 13.2. The lowest BCUT2D eigenvalue weighted by molar-refractivity contribution is -0.121. The SMILES string of the molecule is O=C(Cc1cccs1)NC1(c2cccc(Cl)c2)CC1. The molecule has 1 N–H and O–H groups in total. The van der Waals surface area contributed by atoms with Crippen molar-refractivity contribution in [1.29, 1.82) is 0 Å². The van der Waals surface area contributed by atoms with Gasteiger partial charge < -0.3 is 5.32 Å². The van der Waals surface area contributed by atoms with E-state index in [-0.39, 0.29) is 11.4 Å². The number of nitrogens with one attached hydrogen (secondary N) is 1. The number of hydrogen-bond acceptors (Lipinski definition) is 2. The minimum atomic E-state index is -0.181. The van der Waals surface area contributed by atoms with Gasteiger partial charge in [0, 0.05) is 9.90 Å². The van der Waals surface area contributed by atoms with Crippen LogP contribution in [0.5, 0.6) is 0 Å². The molecule has 19 heavy (non-hydrogen) atoms. The number of halogens is 1. The van der Waals surface area contributed by atoms with Crippen molar-refractivity contribution in [2.75, 3.05) is 0 Å². The molecule has 1 aliphatic carbocycles. The van der Waals surface area contributed by atoms with Crippen LogP contribution in [0.15, 0.2) is 41.8 Å². The number of hydrogen-bond donors (Lipinski definition) is 1. The third-order valence-electron chi connectivity index (χ3n) is 3.42. The first-order valence-corrected chi connectivity index (χ1v) is 7.53. The van der Waals surface area contributed by atoms with Crippen LogP contribution in [0.25, 0.3) is 0 Å². The van der Waals surface area contributed by atoms with Crippen molar-refractivity contribution >= 4 is 28.8 Å². The predicted molar refractivity (Wildman–Crippen MR) is 78.5 cm³/mol. The van der Waals surface area contributed by atoms with Gasteiger partial charge >= 0.3 is 0 Å². The van der Waals surface area contributed by atoms with Gasteiger partial charge in [0.05, 0.1) is 12.0 Å². The lowest BCUT2D eigenvalue weighted by atomic mass is 10.0. The van der Waals surface area contributed by atoms with Crippen LogP contribution in [-0.4, -0.2) is 5.91 Å². The molecule has 1 aromatic heterocycles. The molecule has 0 bridgehead atoms. The van der Waals surface area contributed by atoms with Crippen LogP contribution in [-0.2, 0) is 16.8 Å². The maximum atomic E-state index is 12.1. The third kappa shape index (κ3) is 2.82. The van der Waals surface area contributed by atoms with Gasteiger partial charge in [0.15, 0.2) is 0 Å². The first-order valence-electron chi connectivity index (χ1n) is 6.27. The maximum absolute atomic E-state index is 12.1. The van der Waals surface area contributed by atoms with Crippen LogP contribution in [0, 0.1) is 0 Å². The summed E-state index contributed by atoms with van der Waals surface area (Å²) in [5.74, 6) is 0.0833. The lowest BCUT2D eigenvalue weighted by Crippen LogP contribution is -2.35. The number of amides is 1. The summed E-state index contributed by atoms with van der Waals surface area (Å²) < 4.78 is 0. The second kappa shape index (κ2) is 4.99. The largest absolute Gasteiger partial charge is 0.346 e. The van der Waals surface area contributed by atoms with Crippen molar-refractivity contribution in [1.82, 2.24) is 5.32 Å². The molecular formula is C15H14ClNOS. The zero-order valence-corrected chi connectivity index (χ0v) is 11.9. The maximum Gasteiger partial charge on any atom is 0.225 e. The Hall–Kier alpha value is -1.32. The van der Waals surface area contributed by atoms with Crippen LogP contribution in [0.4, 0.5) is 0 Å². The van der Waals surface area contributed by atoms with E-state index in [1.807, 2.05) is 41.8 Å². The van der Waals surface area contributed by atoms with Gasteiger partial charge in [-0.25, -0.2) is 0 Å². The van der Waals surface area contributed by atoms with E-state index >= 15 is 0 Å². The van der Waals surface area contributed by atoms with E-state index in [0.717, 1.165) is 28.3 Å². The summed E-state index contributed by atoms with van der Waals surface area (Å²) in [5.41, 5.74) is 0.929. The van der Waals surface area contributed by atoms with Gasteiger partial charge in [-0.3, -0.25) is 4.79 Å². The van der Waals surface area contributed by atoms with Crippen LogP contribution >= 0.6 is 22.9 Å². The summed E-state index contributed by atoms with van der Waals surface area (Å²) in [5, 5.41) is 5.87. The molecule has 2 aromatic rings. The average Bonchev–Trinajstić information content (AvgIpc) is 2.97. The van der Waals surface area contributed by atoms with Gasteiger partial charge in [-0.05, 0) is 42.0 Å². The molecule has 1 aromatic carbocycles. The Kier molecular flexibility index (Phi) is 3.33. The number of benzene rings is 1. The zero-order chi connectivity index (χ0) is 13.3. The zero-order valence-electron chi connectivity index (χ0n) is 10.4. The van der Waals surface area contributed by atoms with Crippen molar-refractivity contribution in [3.63, 3.8) is 0 Å². The Morgan fingerprint density at radius 1 is 1.32 bits per heavy atom. The Labute approximate surface area is 121 Å². The quantitative estimate of drug-likeness (QED) is 0.913. The van der Waals surface area contributed by atoms with E-state index in [2.05, 4.69) is 5.32 Å². The van der Waals surface area contributed by atoms with Gasteiger partial charge in [0.2, 0.25) is 5.91 Å². The highest BCUT2D eigenvalue weighted by Crippen LogP contribution is 2.46. The molecule has 0 aliphatic heterocycles. The van der Waals surface area contributed by atoms with Crippen molar-refractivity contribution in [2.45, 2.75) is 24.8 Å². The molecule has 0 atom stereocenters. The van der Waals surface area contributed by atoms with Crippen molar-refractivity contribution in [3.8, 4) is 0 Å². The van der Waals surface area contributed by atoms with Crippen molar-refractivity contribution in [2.24, 2.45) is 0 Å². The van der Waals surface area contributed by atoms with E-state index in [4.69, 9.17) is 11.6 Å². The van der Waals surface area contributed by atoms with E-state index < -0.39 is 0 Å². The monoisotopic (exact) mass is 291 g/mol. The van der Waals surface area contributed by atoms with E-state index in [0.29, 0.717) is 6.42 Å². The first-order chi connectivity index (χ1) is 9.18. The third-order valence-corrected chi connectivity index (χ3v) is 4.53. The standard InChI is InChI=1S/C15H14ClNOS/c16-12-4-1-3-11(9-12)15(6-7-15)17-14(18)10-13-5-2-8-19-13/h1-5,8-9H,6-7,10H2,(H,17,18). The smallest absolute Gasteiger partial charge is 0.225 e. The fourth-order valence-corrected chi connectivity index (χ4v) is 3.17. The molecular weight excluding hydrogens is 278 g/mol. The molecule has 3 rings (SSSR count). The Morgan fingerprint density at radius 2 is 2.16 bits per heavy atom. The summed E-state index contributed by atoms with van der Waals surface area (Å²) >= 11 is 7.63. The normalized spacial score (nSPS) is 16.1.